The molecule has 190 valence electrons. The standard InChI is InChI=1S/C30H26N4O4/c1-16-9-10-21(33-28(35)19-7-5-4-6-8-19)14-25(16)32-20-11-12-24-22(13-20)23(29(36)34-24)15-26-17(2)27(30(37)38)18(3)31-26/h4-15,31-32H,1-3H3,(H,33,35)(H,34,36)(H,37,38)/b23-15-. The number of rotatable bonds is 6. The van der Waals surface area contributed by atoms with E-state index in [4.69, 9.17) is 0 Å². The molecule has 0 spiro atoms. The molecule has 5 rings (SSSR count). The molecule has 0 bridgehead atoms. The highest BCUT2D eigenvalue weighted by molar-refractivity contribution is 6.35. The fraction of sp³-hybridized carbons (Fsp3) is 0.100. The third-order valence-corrected chi connectivity index (χ3v) is 6.59. The number of carbonyl (C=O) groups is 3. The summed E-state index contributed by atoms with van der Waals surface area (Å²) in [6, 6.07) is 20.2. The molecular formula is C30H26N4O4. The van der Waals surface area contributed by atoms with Crippen LogP contribution in [0.2, 0.25) is 0 Å². The predicted octanol–water partition coefficient (Wildman–Crippen LogP) is 6.13. The number of carboxylic acids is 1. The number of aromatic nitrogens is 1. The first-order chi connectivity index (χ1) is 18.2. The number of benzene rings is 3. The Balaban J connectivity index is 1.43. The zero-order valence-corrected chi connectivity index (χ0v) is 21.1. The van der Waals surface area contributed by atoms with Crippen molar-refractivity contribution in [3.05, 3.63) is 106 Å². The van der Waals surface area contributed by atoms with Gasteiger partial charge in [0, 0.05) is 45.3 Å². The predicted molar refractivity (Wildman–Crippen MR) is 149 cm³/mol. The van der Waals surface area contributed by atoms with Gasteiger partial charge < -0.3 is 26.0 Å². The molecule has 2 amide bonds. The Bertz CT molecular complexity index is 1630. The fourth-order valence-corrected chi connectivity index (χ4v) is 4.58. The van der Waals surface area contributed by atoms with Crippen LogP contribution in [0, 0.1) is 20.8 Å². The van der Waals surface area contributed by atoms with Crippen LogP contribution in [0.25, 0.3) is 11.6 Å². The summed E-state index contributed by atoms with van der Waals surface area (Å²) < 4.78 is 0. The van der Waals surface area contributed by atoms with Crippen molar-refractivity contribution in [2.45, 2.75) is 20.8 Å². The van der Waals surface area contributed by atoms with E-state index >= 15 is 0 Å². The summed E-state index contributed by atoms with van der Waals surface area (Å²) in [7, 11) is 0. The molecule has 0 radical (unpaired) electrons. The van der Waals surface area contributed by atoms with Gasteiger partial charge in [-0.05, 0) is 80.4 Å². The van der Waals surface area contributed by atoms with E-state index in [-0.39, 0.29) is 17.4 Å². The third-order valence-electron chi connectivity index (χ3n) is 6.59. The Morgan fingerprint density at radius 1 is 0.921 bits per heavy atom. The topological polar surface area (TPSA) is 123 Å². The zero-order valence-electron chi connectivity index (χ0n) is 21.1. The molecule has 3 aromatic carbocycles. The van der Waals surface area contributed by atoms with E-state index in [0.29, 0.717) is 45.0 Å². The Morgan fingerprint density at radius 3 is 2.37 bits per heavy atom. The van der Waals surface area contributed by atoms with E-state index in [2.05, 4.69) is 20.9 Å². The number of aryl methyl sites for hydroxylation is 2. The van der Waals surface area contributed by atoms with E-state index < -0.39 is 5.97 Å². The number of hydrogen-bond donors (Lipinski definition) is 5. The fourth-order valence-electron chi connectivity index (χ4n) is 4.58. The minimum atomic E-state index is -1.01. The van der Waals surface area contributed by atoms with E-state index in [0.717, 1.165) is 16.9 Å². The van der Waals surface area contributed by atoms with Crippen LogP contribution in [-0.2, 0) is 4.79 Å². The van der Waals surface area contributed by atoms with Gasteiger partial charge in [-0.2, -0.15) is 0 Å². The molecule has 0 aliphatic carbocycles. The summed E-state index contributed by atoms with van der Waals surface area (Å²) >= 11 is 0. The van der Waals surface area contributed by atoms with Crippen molar-refractivity contribution in [3.63, 3.8) is 0 Å². The summed E-state index contributed by atoms with van der Waals surface area (Å²) in [6.07, 6.45) is 1.69. The second-order valence-corrected chi connectivity index (χ2v) is 9.22. The second-order valence-electron chi connectivity index (χ2n) is 9.22. The number of carboxylic acid groups (broad SMARTS) is 1. The normalized spacial score (nSPS) is 13.2. The Morgan fingerprint density at radius 2 is 1.66 bits per heavy atom. The molecule has 38 heavy (non-hydrogen) atoms. The average Bonchev–Trinajstić information content (AvgIpc) is 3.35. The molecule has 0 saturated carbocycles. The van der Waals surface area contributed by atoms with Crippen LogP contribution < -0.4 is 16.0 Å². The smallest absolute Gasteiger partial charge is 0.337 e. The maximum absolute atomic E-state index is 12.8. The van der Waals surface area contributed by atoms with Gasteiger partial charge in [0.2, 0.25) is 0 Å². The van der Waals surface area contributed by atoms with Crippen LogP contribution in [0.3, 0.4) is 0 Å². The third kappa shape index (κ3) is 4.67. The van der Waals surface area contributed by atoms with E-state index in [1.807, 2.05) is 61.5 Å². The lowest BCUT2D eigenvalue weighted by Crippen LogP contribution is -2.11. The van der Waals surface area contributed by atoms with Gasteiger partial charge in [-0.3, -0.25) is 9.59 Å². The Hall–Kier alpha value is -5.11. The number of amides is 2. The molecule has 2 heterocycles. The molecule has 0 saturated heterocycles. The number of H-pyrrole nitrogens is 1. The van der Waals surface area contributed by atoms with Crippen molar-refractivity contribution in [1.82, 2.24) is 4.98 Å². The average molecular weight is 507 g/mol. The van der Waals surface area contributed by atoms with Gasteiger partial charge in [0.25, 0.3) is 11.8 Å². The lowest BCUT2D eigenvalue weighted by Gasteiger charge is -2.13. The van der Waals surface area contributed by atoms with Crippen LogP contribution in [0.1, 0.15) is 48.8 Å². The van der Waals surface area contributed by atoms with Crippen molar-refractivity contribution >= 4 is 52.2 Å². The summed E-state index contributed by atoms with van der Waals surface area (Å²) in [6.45, 7) is 5.38. The molecule has 8 heteroatoms. The molecule has 0 fully saturated rings. The van der Waals surface area contributed by atoms with Crippen molar-refractivity contribution in [2.24, 2.45) is 0 Å². The number of fused-ring (bicyclic) bond motifs is 1. The van der Waals surface area contributed by atoms with Gasteiger partial charge in [0.1, 0.15) is 0 Å². The molecule has 1 aliphatic heterocycles. The molecule has 0 unspecified atom stereocenters. The maximum atomic E-state index is 12.8. The van der Waals surface area contributed by atoms with E-state index in [1.165, 1.54) is 0 Å². The van der Waals surface area contributed by atoms with Crippen molar-refractivity contribution in [2.75, 3.05) is 16.0 Å². The molecule has 0 atom stereocenters. The monoisotopic (exact) mass is 506 g/mol. The minimum absolute atomic E-state index is 0.196. The summed E-state index contributed by atoms with van der Waals surface area (Å²) in [5, 5.41) is 18.7. The first kappa shape index (κ1) is 24.6. The Labute approximate surface area is 219 Å². The SMILES string of the molecule is Cc1ccc(NC(=O)c2ccccc2)cc1Nc1ccc2c(c1)/C(=C/c1[nH]c(C)c(C(=O)O)c1C)C(=O)N2. The van der Waals surface area contributed by atoms with E-state index in [1.54, 1.807) is 32.1 Å². The van der Waals surface area contributed by atoms with Crippen LogP contribution in [0.4, 0.5) is 22.7 Å². The number of aromatic amines is 1. The highest BCUT2D eigenvalue weighted by Crippen LogP contribution is 2.37. The van der Waals surface area contributed by atoms with E-state index in [9.17, 15) is 19.5 Å². The Kier molecular flexibility index (Phi) is 6.30. The number of nitrogens with one attached hydrogen (secondary N) is 4. The summed E-state index contributed by atoms with van der Waals surface area (Å²) in [4.78, 5) is 40.1. The first-order valence-electron chi connectivity index (χ1n) is 12.1. The van der Waals surface area contributed by atoms with Crippen LogP contribution in [0.15, 0.2) is 66.7 Å². The second kappa shape index (κ2) is 9.74. The molecule has 1 aromatic heterocycles. The molecule has 1 aliphatic rings. The zero-order chi connectivity index (χ0) is 27.0. The van der Waals surface area contributed by atoms with Gasteiger partial charge in [0.05, 0.1) is 11.1 Å². The van der Waals surface area contributed by atoms with Crippen molar-refractivity contribution < 1.29 is 19.5 Å². The minimum Gasteiger partial charge on any atom is -0.478 e. The molecular weight excluding hydrogens is 480 g/mol. The maximum Gasteiger partial charge on any atom is 0.337 e. The summed E-state index contributed by atoms with van der Waals surface area (Å²) in [5.41, 5.74) is 7.46. The summed E-state index contributed by atoms with van der Waals surface area (Å²) in [5.74, 6) is -1.47. The van der Waals surface area contributed by atoms with Gasteiger partial charge in [-0.1, -0.05) is 24.3 Å². The van der Waals surface area contributed by atoms with Gasteiger partial charge >= 0.3 is 5.97 Å². The van der Waals surface area contributed by atoms with Crippen LogP contribution >= 0.6 is 0 Å². The van der Waals surface area contributed by atoms with Crippen molar-refractivity contribution in [1.29, 1.82) is 0 Å². The highest BCUT2D eigenvalue weighted by Gasteiger charge is 2.26. The molecule has 5 N–H and O–H groups in total. The number of carbonyl (C=O) groups excluding carboxylic acids is 2. The number of anilines is 4. The quantitative estimate of drug-likeness (QED) is 0.201. The van der Waals surface area contributed by atoms with Gasteiger partial charge in [0.15, 0.2) is 0 Å². The lowest BCUT2D eigenvalue weighted by atomic mass is 10.0. The number of hydrogen-bond acceptors (Lipinski definition) is 4. The first-order valence-corrected chi connectivity index (χ1v) is 12.1. The van der Waals surface area contributed by atoms with Gasteiger partial charge in [-0.25, -0.2) is 4.79 Å². The van der Waals surface area contributed by atoms with Crippen LogP contribution in [-0.4, -0.2) is 27.9 Å². The molecule has 8 nitrogen and oxygen atoms in total. The number of aromatic carboxylic acids is 1. The van der Waals surface area contributed by atoms with Crippen molar-refractivity contribution in [3.8, 4) is 0 Å². The van der Waals surface area contributed by atoms with Gasteiger partial charge in [-0.15, -0.1) is 0 Å². The highest BCUT2D eigenvalue weighted by atomic mass is 16.4. The lowest BCUT2D eigenvalue weighted by molar-refractivity contribution is -0.110. The largest absolute Gasteiger partial charge is 0.478 e. The molecule has 4 aromatic rings. The van der Waals surface area contributed by atoms with Crippen LogP contribution in [0.5, 0.6) is 0 Å².